The third-order valence-electron chi connectivity index (χ3n) is 5.20. The first-order valence-electron chi connectivity index (χ1n) is 9.42. The molecular formula is C21H17N3O4S2. The van der Waals surface area contributed by atoms with Crippen LogP contribution < -0.4 is 15.6 Å². The number of benzene rings is 2. The predicted molar refractivity (Wildman–Crippen MR) is 117 cm³/mol. The zero-order chi connectivity index (χ0) is 20.9. The minimum absolute atomic E-state index is 0.0914. The number of para-hydroxylation sites is 2. The number of aromatic amines is 1. The molecule has 0 radical (unpaired) electrons. The maximum Gasteiger partial charge on any atom is 0.334 e. The van der Waals surface area contributed by atoms with Crippen LogP contribution in [0.25, 0.3) is 15.9 Å². The third kappa shape index (κ3) is 2.89. The molecule has 1 aliphatic rings. The zero-order valence-electron chi connectivity index (χ0n) is 15.7. The van der Waals surface area contributed by atoms with Gasteiger partial charge in [0.2, 0.25) is 0 Å². The molecule has 0 saturated heterocycles. The van der Waals surface area contributed by atoms with Crippen LogP contribution in [-0.4, -0.2) is 24.5 Å². The van der Waals surface area contributed by atoms with E-state index in [0.717, 1.165) is 34.3 Å². The van der Waals surface area contributed by atoms with E-state index < -0.39 is 21.3 Å². The van der Waals surface area contributed by atoms with Gasteiger partial charge in [-0.05, 0) is 48.7 Å². The lowest BCUT2D eigenvalue weighted by molar-refractivity contribution is 0.588. The van der Waals surface area contributed by atoms with Crippen LogP contribution in [0.3, 0.4) is 0 Å². The first kappa shape index (κ1) is 18.8. The lowest BCUT2D eigenvalue weighted by Crippen LogP contribution is -2.35. The molecule has 0 saturated carbocycles. The molecule has 7 nitrogen and oxygen atoms in total. The van der Waals surface area contributed by atoms with Crippen molar-refractivity contribution in [2.45, 2.75) is 17.1 Å². The second kappa shape index (κ2) is 6.96. The van der Waals surface area contributed by atoms with E-state index in [1.165, 1.54) is 16.4 Å². The number of sulfonamides is 1. The van der Waals surface area contributed by atoms with Crippen molar-refractivity contribution in [2.75, 3.05) is 10.8 Å². The summed E-state index contributed by atoms with van der Waals surface area (Å²) in [5.74, 6) is 0. The van der Waals surface area contributed by atoms with Crippen LogP contribution in [0, 0.1) is 0 Å². The smallest absolute Gasteiger partial charge is 0.306 e. The fraction of sp³-hybridized carbons (Fsp3) is 0.143. The molecule has 0 bridgehead atoms. The van der Waals surface area contributed by atoms with Gasteiger partial charge in [0, 0.05) is 6.54 Å². The number of H-pyrrole nitrogens is 1. The third-order valence-corrected chi connectivity index (χ3v) is 8.56. The number of nitrogens with one attached hydrogen (secondary N) is 1. The molecule has 4 aromatic rings. The maximum atomic E-state index is 13.3. The number of fused-ring (bicyclic) bond motifs is 2. The van der Waals surface area contributed by atoms with Crippen molar-refractivity contribution in [3.05, 3.63) is 87.1 Å². The normalized spacial score (nSPS) is 14.1. The standard InChI is InChI=1S/C21H17N3O4S2/c25-20-15-8-2-3-9-16(15)22-21(26)24(20)18-11-12-19(29-18)30(27,28)23-13-5-7-14-6-1-4-10-17(14)23/h1-4,6,8-12H,5,7,13H2,(H,22,26). The fourth-order valence-electron chi connectivity index (χ4n) is 3.79. The Kier molecular flexibility index (Phi) is 4.37. The highest BCUT2D eigenvalue weighted by Crippen LogP contribution is 2.34. The van der Waals surface area contributed by atoms with E-state index in [9.17, 15) is 18.0 Å². The highest BCUT2D eigenvalue weighted by Gasteiger charge is 2.30. The molecule has 0 unspecified atom stereocenters. The van der Waals surface area contributed by atoms with Crippen LogP contribution in [0.1, 0.15) is 12.0 Å². The molecule has 0 spiro atoms. The van der Waals surface area contributed by atoms with Crippen LogP contribution in [0.5, 0.6) is 0 Å². The first-order chi connectivity index (χ1) is 14.5. The molecule has 2 aromatic carbocycles. The van der Waals surface area contributed by atoms with E-state index in [1.807, 2.05) is 18.2 Å². The van der Waals surface area contributed by atoms with Crippen molar-refractivity contribution in [2.24, 2.45) is 0 Å². The van der Waals surface area contributed by atoms with E-state index in [4.69, 9.17) is 0 Å². The highest BCUT2D eigenvalue weighted by molar-refractivity contribution is 7.94. The Morgan fingerprint density at radius 3 is 2.57 bits per heavy atom. The quantitative estimate of drug-likeness (QED) is 0.531. The Bertz CT molecular complexity index is 1500. The molecule has 1 N–H and O–H groups in total. The van der Waals surface area contributed by atoms with Crippen LogP contribution in [0.4, 0.5) is 5.69 Å². The average molecular weight is 440 g/mol. The van der Waals surface area contributed by atoms with Crippen LogP contribution in [0.2, 0.25) is 0 Å². The molecule has 0 aliphatic carbocycles. The summed E-state index contributed by atoms with van der Waals surface area (Å²) < 4.78 is 29.2. The number of thiophene rings is 1. The van der Waals surface area contributed by atoms with Gasteiger partial charge in [-0.25, -0.2) is 17.8 Å². The predicted octanol–water partition coefficient (Wildman–Crippen LogP) is 2.88. The average Bonchev–Trinajstić information content (AvgIpc) is 3.24. The van der Waals surface area contributed by atoms with Gasteiger partial charge < -0.3 is 4.98 Å². The second-order valence-corrected chi connectivity index (χ2v) is 10.2. The van der Waals surface area contributed by atoms with Gasteiger partial charge in [0.1, 0.15) is 9.21 Å². The summed E-state index contributed by atoms with van der Waals surface area (Å²) in [4.78, 5) is 28.1. The van der Waals surface area contributed by atoms with E-state index in [0.29, 0.717) is 23.1 Å². The summed E-state index contributed by atoms with van der Waals surface area (Å²) in [6.07, 6.45) is 1.57. The number of rotatable bonds is 3. The maximum absolute atomic E-state index is 13.3. The topological polar surface area (TPSA) is 92.2 Å². The lowest BCUT2D eigenvalue weighted by atomic mass is 10.0. The van der Waals surface area contributed by atoms with Gasteiger partial charge >= 0.3 is 5.69 Å². The fourth-order valence-corrected chi connectivity index (χ4v) is 6.74. The van der Waals surface area contributed by atoms with Gasteiger partial charge in [0.25, 0.3) is 15.6 Å². The minimum atomic E-state index is -3.81. The SMILES string of the molecule is O=c1[nH]c2ccccc2c(=O)n1-c1ccc(S(=O)(=O)N2CCCc3ccccc32)s1. The van der Waals surface area contributed by atoms with Crippen molar-refractivity contribution in [3.63, 3.8) is 0 Å². The van der Waals surface area contributed by atoms with Crippen molar-refractivity contribution >= 4 is 38.0 Å². The molecule has 5 rings (SSSR count). The molecule has 0 fully saturated rings. The summed E-state index contributed by atoms with van der Waals surface area (Å²) in [5, 5.41) is 0.621. The van der Waals surface area contributed by atoms with Gasteiger partial charge in [0.05, 0.1) is 16.6 Å². The van der Waals surface area contributed by atoms with E-state index in [2.05, 4.69) is 4.98 Å². The lowest BCUT2D eigenvalue weighted by Gasteiger charge is -2.29. The summed E-state index contributed by atoms with van der Waals surface area (Å²) >= 11 is 0.911. The van der Waals surface area contributed by atoms with Crippen LogP contribution in [-0.2, 0) is 16.4 Å². The zero-order valence-corrected chi connectivity index (χ0v) is 17.4. The summed E-state index contributed by atoms with van der Waals surface area (Å²) in [5.41, 5.74) is 1.03. The van der Waals surface area contributed by atoms with Crippen molar-refractivity contribution in [1.82, 2.24) is 9.55 Å². The molecule has 3 heterocycles. The minimum Gasteiger partial charge on any atom is -0.306 e. The Morgan fingerprint density at radius 2 is 1.70 bits per heavy atom. The van der Waals surface area contributed by atoms with E-state index >= 15 is 0 Å². The largest absolute Gasteiger partial charge is 0.334 e. The Balaban J connectivity index is 1.61. The molecular weight excluding hydrogens is 422 g/mol. The molecule has 2 aromatic heterocycles. The van der Waals surface area contributed by atoms with Crippen molar-refractivity contribution < 1.29 is 8.42 Å². The summed E-state index contributed by atoms with van der Waals surface area (Å²) in [7, 11) is -3.81. The first-order valence-corrected chi connectivity index (χ1v) is 11.7. The number of aromatic nitrogens is 2. The Labute approximate surface area is 175 Å². The monoisotopic (exact) mass is 439 g/mol. The molecule has 0 amide bonds. The van der Waals surface area contributed by atoms with Gasteiger partial charge in [-0.2, -0.15) is 0 Å². The number of hydrogen-bond acceptors (Lipinski definition) is 5. The number of anilines is 1. The van der Waals surface area contributed by atoms with Crippen molar-refractivity contribution in [1.29, 1.82) is 0 Å². The molecule has 152 valence electrons. The molecule has 30 heavy (non-hydrogen) atoms. The van der Waals surface area contributed by atoms with Crippen LogP contribution in [0.15, 0.2) is 74.5 Å². The van der Waals surface area contributed by atoms with E-state index in [-0.39, 0.29) is 9.21 Å². The Morgan fingerprint density at radius 1 is 0.933 bits per heavy atom. The molecule has 0 atom stereocenters. The Hall–Kier alpha value is -3.17. The second-order valence-electron chi connectivity index (χ2n) is 7.02. The molecule has 9 heteroatoms. The van der Waals surface area contributed by atoms with Gasteiger partial charge in [-0.1, -0.05) is 30.3 Å². The van der Waals surface area contributed by atoms with Gasteiger partial charge in [0.15, 0.2) is 0 Å². The molecule has 1 aliphatic heterocycles. The number of aryl methyl sites for hydroxylation is 1. The number of hydrogen-bond donors (Lipinski definition) is 1. The highest BCUT2D eigenvalue weighted by atomic mass is 32.2. The number of nitrogens with zero attached hydrogens (tertiary/aromatic N) is 2. The summed E-state index contributed by atoms with van der Waals surface area (Å²) in [6.45, 7) is 0.392. The van der Waals surface area contributed by atoms with Crippen molar-refractivity contribution in [3.8, 4) is 5.00 Å². The van der Waals surface area contributed by atoms with Crippen LogP contribution >= 0.6 is 11.3 Å². The van der Waals surface area contributed by atoms with Gasteiger partial charge in [-0.3, -0.25) is 9.10 Å². The van der Waals surface area contributed by atoms with E-state index in [1.54, 1.807) is 30.3 Å². The van der Waals surface area contributed by atoms with Gasteiger partial charge in [-0.15, -0.1) is 11.3 Å². The summed E-state index contributed by atoms with van der Waals surface area (Å²) in [6, 6.07) is 17.1.